The molecular formula is C13H9BrFN3O3. The number of benzene rings is 2. The van der Waals surface area contributed by atoms with E-state index in [9.17, 15) is 19.3 Å². The van der Waals surface area contributed by atoms with Gasteiger partial charge in [-0.25, -0.2) is 4.39 Å². The normalized spacial score (nSPS) is 10.2. The molecule has 0 radical (unpaired) electrons. The van der Waals surface area contributed by atoms with Gasteiger partial charge in [0.05, 0.1) is 9.40 Å². The highest BCUT2D eigenvalue weighted by atomic mass is 79.9. The summed E-state index contributed by atoms with van der Waals surface area (Å²) < 4.78 is 13.6. The third-order valence-electron chi connectivity index (χ3n) is 2.67. The van der Waals surface area contributed by atoms with Crippen LogP contribution in [0.1, 0.15) is 10.4 Å². The number of hydrogen-bond acceptors (Lipinski definition) is 4. The molecule has 2 aromatic rings. The summed E-state index contributed by atoms with van der Waals surface area (Å²) in [4.78, 5) is 22.1. The lowest BCUT2D eigenvalue weighted by atomic mass is 10.1. The highest BCUT2D eigenvalue weighted by Crippen LogP contribution is 2.24. The molecule has 6 nitrogen and oxygen atoms in total. The van der Waals surface area contributed by atoms with Crippen molar-refractivity contribution in [3.8, 4) is 0 Å². The summed E-state index contributed by atoms with van der Waals surface area (Å²) in [6.07, 6.45) is 0. The van der Waals surface area contributed by atoms with Crippen molar-refractivity contribution in [3.63, 3.8) is 0 Å². The van der Waals surface area contributed by atoms with Crippen molar-refractivity contribution in [2.24, 2.45) is 0 Å². The Morgan fingerprint density at radius 2 is 2.00 bits per heavy atom. The van der Waals surface area contributed by atoms with Crippen molar-refractivity contribution >= 4 is 38.9 Å². The lowest BCUT2D eigenvalue weighted by Gasteiger charge is -2.06. The van der Waals surface area contributed by atoms with Gasteiger partial charge < -0.3 is 11.1 Å². The molecule has 2 rings (SSSR count). The highest BCUT2D eigenvalue weighted by molar-refractivity contribution is 9.10. The van der Waals surface area contributed by atoms with Gasteiger partial charge in [0.15, 0.2) is 0 Å². The summed E-state index contributed by atoms with van der Waals surface area (Å²) in [7, 11) is 0. The van der Waals surface area contributed by atoms with E-state index in [1.165, 1.54) is 24.3 Å². The number of anilines is 2. The van der Waals surface area contributed by atoms with E-state index in [1.807, 2.05) is 0 Å². The van der Waals surface area contributed by atoms with Crippen LogP contribution < -0.4 is 11.1 Å². The molecule has 0 unspecified atom stereocenters. The Labute approximate surface area is 127 Å². The number of nitrogens with zero attached hydrogens (tertiary/aromatic N) is 1. The van der Waals surface area contributed by atoms with Crippen LogP contribution in [-0.2, 0) is 0 Å². The summed E-state index contributed by atoms with van der Waals surface area (Å²) in [5.74, 6) is -1.13. The van der Waals surface area contributed by atoms with Crippen LogP contribution in [0.15, 0.2) is 40.9 Å². The lowest BCUT2D eigenvalue weighted by molar-refractivity contribution is -0.383. The van der Waals surface area contributed by atoms with Crippen molar-refractivity contribution in [1.82, 2.24) is 0 Å². The zero-order valence-electron chi connectivity index (χ0n) is 10.5. The predicted octanol–water partition coefficient (Wildman–Crippen LogP) is 3.33. The number of hydrogen-bond donors (Lipinski definition) is 2. The van der Waals surface area contributed by atoms with Gasteiger partial charge in [0.25, 0.3) is 11.6 Å². The second-order valence-electron chi connectivity index (χ2n) is 4.11. The Morgan fingerprint density at radius 1 is 1.29 bits per heavy atom. The van der Waals surface area contributed by atoms with Crippen LogP contribution in [0.4, 0.5) is 21.5 Å². The Morgan fingerprint density at radius 3 is 2.62 bits per heavy atom. The number of nitrogen functional groups attached to an aromatic ring is 1. The Bertz CT molecular complexity index is 737. The Balaban J connectivity index is 2.26. The molecule has 0 fully saturated rings. The molecule has 1 amide bonds. The van der Waals surface area contributed by atoms with Crippen LogP contribution in [0.2, 0.25) is 0 Å². The standard InChI is InChI=1S/C13H9BrFN3O3/c14-9-3-2-8(6-10(9)15)17-13(19)7-1-4-11(16)12(5-7)18(20)21/h1-6H,16H2,(H,17,19). The number of nitrogens with two attached hydrogens (primary N) is 1. The fraction of sp³-hybridized carbons (Fsp3) is 0. The van der Waals surface area contributed by atoms with Gasteiger partial charge in [-0.05, 0) is 46.3 Å². The average Bonchev–Trinajstić information content (AvgIpc) is 2.43. The molecule has 3 N–H and O–H groups in total. The van der Waals surface area contributed by atoms with Gasteiger partial charge in [-0.3, -0.25) is 14.9 Å². The summed E-state index contributed by atoms with van der Waals surface area (Å²) in [6.45, 7) is 0. The zero-order chi connectivity index (χ0) is 15.6. The first-order chi connectivity index (χ1) is 9.88. The van der Waals surface area contributed by atoms with Crippen molar-refractivity contribution in [3.05, 3.63) is 62.4 Å². The minimum atomic E-state index is -0.675. The molecule has 0 saturated heterocycles. The van der Waals surface area contributed by atoms with Crippen molar-refractivity contribution in [2.45, 2.75) is 0 Å². The quantitative estimate of drug-likeness (QED) is 0.502. The summed E-state index contributed by atoms with van der Waals surface area (Å²) in [5.41, 5.74) is 5.35. The first-order valence-corrected chi connectivity index (χ1v) is 6.48. The minimum Gasteiger partial charge on any atom is -0.393 e. The molecular weight excluding hydrogens is 345 g/mol. The third kappa shape index (κ3) is 3.34. The Hall–Kier alpha value is -2.48. The first-order valence-electron chi connectivity index (χ1n) is 5.69. The van der Waals surface area contributed by atoms with Crippen molar-refractivity contribution in [2.75, 3.05) is 11.1 Å². The maximum atomic E-state index is 13.4. The molecule has 0 spiro atoms. The summed E-state index contributed by atoms with van der Waals surface area (Å²) in [6, 6.07) is 7.77. The third-order valence-corrected chi connectivity index (χ3v) is 3.31. The number of amides is 1. The monoisotopic (exact) mass is 353 g/mol. The fourth-order valence-corrected chi connectivity index (χ4v) is 1.87. The van der Waals surface area contributed by atoms with Crippen molar-refractivity contribution < 1.29 is 14.1 Å². The second kappa shape index (κ2) is 5.88. The van der Waals surface area contributed by atoms with Crippen molar-refractivity contribution in [1.29, 1.82) is 0 Å². The first kappa shape index (κ1) is 14.9. The number of carbonyl (C=O) groups is 1. The molecule has 0 aliphatic heterocycles. The number of nitrogens with one attached hydrogen (secondary N) is 1. The largest absolute Gasteiger partial charge is 0.393 e. The van der Waals surface area contributed by atoms with Crippen LogP contribution in [-0.4, -0.2) is 10.8 Å². The number of halogens is 2. The van der Waals surface area contributed by atoms with E-state index in [1.54, 1.807) is 0 Å². The van der Waals surface area contributed by atoms with E-state index in [-0.39, 0.29) is 27.1 Å². The molecule has 0 aromatic heterocycles. The van der Waals surface area contributed by atoms with Gasteiger partial charge >= 0.3 is 0 Å². The van der Waals surface area contributed by atoms with Gasteiger partial charge in [-0.1, -0.05) is 0 Å². The van der Waals surface area contributed by atoms with E-state index >= 15 is 0 Å². The van der Waals surface area contributed by atoms with Crippen LogP contribution in [0.3, 0.4) is 0 Å². The molecule has 8 heteroatoms. The molecule has 0 atom stereocenters. The molecule has 0 bridgehead atoms. The molecule has 0 aliphatic carbocycles. The van der Waals surface area contributed by atoms with Gasteiger partial charge in [-0.2, -0.15) is 0 Å². The molecule has 2 aromatic carbocycles. The van der Waals surface area contributed by atoms with E-state index in [0.717, 1.165) is 12.1 Å². The average molecular weight is 354 g/mol. The van der Waals surface area contributed by atoms with E-state index in [0.29, 0.717) is 0 Å². The molecule has 21 heavy (non-hydrogen) atoms. The number of nitro benzene ring substituents is 1. The SMILES string of the molecule is Nc1ccc(C(=O)Nc2ccc(Br)c(F)c2)cc1[N+](=O)[O-]. The van der Waals surface area contributed by atoms with E-state index in [4.69, 9.17) is 5.73 Å². The second-order valence-corrected chi connectivity index (χ2v) is 4.97. The van der Waals surface area contributed by atoms with E-state index in [2.05, 4.69) is 21.2 Å². The minimum absolute atomic E-state index is 0.0359. The number of carbonyl (C=O) groups excluding carboxylic acids is 1. The summed E-state index contributed by atoms with van der Waals surface area (Å²) in [5, 5.41) is 13.2. The molecule has 0 saturated carbocycles. The molecule has 108 valence electrons. The topological polar surface area (TPSA) is 98.3 Å². The lowest BCUT2D eigenvalue weighted by Crippen LogP contribution is -2.12. The fourth-order valence-electron chi connectivity index (χ4n) is 1.62. The van der Waals surface area contributed by atoms with E-state index < -0.39 is 16.6 Å². The predicted molar refractivity (Wildman–Crippen MR) is 79.6 cm³/mol. The maximum absolute atomic E-state index is 13.4. The van der Waals surface area contributed by atoms with Gasteiger partial charge in [0.2, 0.25) is 0 Å². The van der Waals surface area contributed by atoms with Gasteiger partial charge in [0, 0.05) is 17.3 Å². The summed E-state index contributed by atoms with van der Waals surface area (Å²) >= 11 is 3.00. The number of nitro groups is 1. The number of rotatable bonds is 3. The van der Waals surface area contributed by atoms with Crippen LogP contribution in [0.25, 0.3) is 0 Å². The maximum Gasteiger partial charge on any atom is 0.292 e. The van der Waals surface area contributed by atoms with Gasteiger partial charge in [0.1, 0.15) is 11.5 Å². The molecule has 0 aliphatic rings. The zero-order valence-corrected chi connectivity index (χ0v) is 12.1. The van der Waals surface area contributed by atoms with Crippen LogP contribution in [0.5, 0.6) is 0 Å². The van der Waals surface area contributed by atoms with Crippen LogP contribution >= 0.6 is 15.9 Å². The van der Waals surface area contributed by atoms with Gasteiger partial charge in [-0.15, -0.1) is 0 Å². The van der Waals surface area contributed by atoms with Crippen LogP contribution in [0, 0.1) is 15.9 Å². The molecule has 0 heterocycles. The Kier molecular flexibility index (Phi) is 4.18. The highest BCUT2D eigenvalue weighted by Gasteiger charge is 2.16. The smallest absolute Gasteiger partial charge is 0.292 e.